The lowest BCUT2D eigenvalue weighted by atomic mass is 9.93. The van der Waals surface area contributed by atoms with Crippen LogP contribution in [0.25, 0.3) is 0 Å². The van der Waals surface area contributed by atoms with E-state index in [2.05, 4.69) is 43.4 Å². The summed E-state index contributed by atoms with van der Waals surface area (Å²) in [6.45, 7) is 6.32. The maximum Gasteiger partial charge on any atom is 0.128 e. The average Bonchev–Trinajstić information content (AvgIpc) is 2.50. The predicted molar refractivity (Wildman–Crippen MR) is 87.2 cm³/mol. The van der Waals surface area contributed by atoms with Crippen LogP contribution < -0.4 is 5.32 Å². The number of hydrogen-bond acceptors (Lipinski definition) is 1. The van der Waals surface area contributed by atoms with Gasteiger partial charge in [-0.2, -0.15) is 0 Å². The Hall–Kier alpha value is -1.67. The van der Waals surface area contributed by atoms with Crippen molar-refractivity contribution in [1.29, 1.82) is 0 Å². The van der Waals surface area contributed by atoms with Crippen LogP contribution in [0.15, 0.2) is 42.5 Å². The molecule has 0 aromatic heterocycles. The molecule has 0 heterocycles. The number of nitrogens with one attached hydrogen (secondary N) is 1. The van der Waals surface area contributed by atoms with Gasteiger partial charge in [0.2, 0.25) is 0 Å². The van der Waals surface area contributed by atoms with Gasteiger partial charge in [-0.15, -0.1) is 0 Å². The van der Waals surface area contributed by atoms with Gasteiger partial charge in [0.15, 0.2) is 0 Å². The Labute approximate surface area is 127 Å². The highest BCUT2D eigenvalue weighted by Gasteiger charge is 2.16. The minimum absolute atomic E-state index is 0.114. The quantitative estimate of drug-likeness (QED) is 0.819. The first kappa shape index (κ1) is 15.7. The molecule has 1 N–H and O–H groups in total. The zero-order chi connectivity index (χ0) is 15.4. The molecule has 0 spiro atoms. The van der Waals surface area contributed by atoms with Crippen molar-refractivity contribution in [2.75, 3.05) is 7.05 Å². The molecule has 1 nitrogen and oxygen atoms in total. The largest absolute Gasteiger partial charge is 0.309 e. The van der Waals surface area contributed by atoms with Crippen LogP contribution in [0.1, 0.15) is 54.5 Å². The molecule has 2 atom stereocenters. The van der Waals surface area contributed by atoms with Crippen LogP contribution in [0.4, 0.5) is 4.39 Å². The molecule has 0 saturated heterocycles. The second kappa shape index (κ2) is 6.86. The van der Waals surface area contributed by atoms with E-state index in [4.69, 9.17) is 0 Å². The summed E-state index contributed by atoms with van der Waals surface area (Å²) in [5.74, 6) is 0.406. The fourth-order valence-corrected chi connectivity index (χ4v) is 2.62. The molecule has 0 aliphatic carbocycles. The van der Waals surface area contributed by atoms with Crippen LogP contribution in [0.5, 0.6) is 0 Å². The van der Waals surface area contributed by atoms with Crippen molar-refractivity contribution in [2.24, 2.45) is 0 Å². The lowest BCUT2D eigenvalue weighted by Crippen LogP contribution is -2.19. The Kier molecular flexibility index (Phi) is 5.13. The molecule has 112 valence electrons. The molecule has 2 rings (SSSR count). The van der Waals surface area contributed by atoms with Crippen LogP contribution in [0.3, 0.4) is 0 Å². The van der Waals surface area contributed by atoms with Gasteiger partial charge in [0, 0.05) is 5.56 Å². The number of rotatable bonds is 5. The Balaban J connectivity index is 2.33. The van der Waals surface area contributed by atoms with Gasteiger partial charge in [0.25, 0.3) is 0 Å². The average molecular weight is 285 g/mol. The molecule has 0 amide bonds. The van der Waals surface area contributed by atoms with E-state index in [-0.39, 0.29) is 11.9 Å². The molecule has 0 bridgehead atoms. The first-order chi connectivity index (χ1) is 10.1. The van der Waals surface area contributed by atoms with Crippen LogP contribution in [0, 0.1) is 12.7 Å². The van der Waals surface area contributed by atoms with Crippen molar-refractivity contribution in [3.63, 3.8) is 0 Å². The Morgan fingerprint density at radius 2 is 1.67 bits per heavy atom. The third-order valence-electron chi connectivity index (χ3n) is 4.21. The molecule has 2 heteroatoms. The Morgan fingerprint density at radius 3 is 2.19 bits per heavy atom. The van der Waals surface area contributed by atoms with Gasteiger partial charge in [-0.1, -0.05) is 50.2 Å². The summed E-state index contributed by atoms with van der Waals surface area (Å²) < 4.78 is 14.2. The van der Waals surface area contributed by atoms with E-state index in [0.717, 1.165) is 17.5 Å². The van der Waals surface area contributed by atoms with E-state index in [1.807, 2.05) is 26.1 Å². The summed E-state index contributed by atoms with van der Waals surface area (Å²) in [5, 5.41) is 3.22. The van der Waals surface area contributed by atoms with E-state index >= 15 is 0 Å². The molecular formula is C19H24FN. The van der Waals surface area contributed by atoms with Gasteiger partial charge < -0.3 is 5.32 Å². The minimum Gasteiger partial charge on any atom is -0.309 e. The highest BCUT2D eigenvalue weighted by atomic mass is 19.1. The van der Waals surface area contributed by atoms with Crippen LogP contribution >= 0.6 is 0 Å². The van der Waals surface area contributed by atoms with Crippen LogP contribution in [0.2, 0.25) is 0 Å². The van der Waals surface area contributed by atoms with Crippen LogP contribution in [-0.4, -0.2) is 7.05 Å². The molecule has 2 unspecified atom stereocenters. The fraction of sp³-hybridized carbons (Fsp3) is 0.368. The first-order valence-corrected chi connectivity index (χ1v) is 7.60. The molecule has 2 aromatic carbocycles. The maximum atomic E-state index is 14.2. The smallest absolute Gasteiger partial charge is 0.128 e. The van der Waals surface area contributed by atoms with Crippen molar-refractivity contribution in [3.8, 4) is 0 Å². The topological polar surface area (TPSA) is 12.0 Å². The van der Waals surface area contributed by atoms with E-state index in [1.54, 1.807) is 6.07 Å². The van der Waals surface area contributed by atoms with Gasteiger partial charge in [0.05, 0.1) is 6.04 Å². The third-order valence-corrected chi connectivity index (χ3v) is 4.21. The Bertz CT molecular complexity index is 589. The summed E-state index contributed by atoms with van der Waals surface area (Å²) in [6.07, 6.45) is 1.13. The molecule has 21 heavy (non-hydrogen) atoms. The normalized spacial score (nSPS) is 14.0. The van der Waals surface area contributed by atoms with Crippen molar-refractivity contribution < 1.29 is 4.39 Å². The summed E-state index contributed by atoms with van der Waals surface area (Å²) in [4.78, 5) is 0. The van der Waals surface area contributed by atoms with Crippen molar-refractivity contribution >= 4 is 0 Å². The lowest BCUT2D eigenvalue weighted by molar-refractivity contribution is 0.575. The van der Waals surface area contributed by atoms with E-state index in [1.165, 1.54) is 5.56 Å². The van der Waals surface area contributed by atoms with E-state index in [0.29, 0.717) is 11.5 Å². The SMILES string of the molecule is CCC(C)c1ccc(C(NC)c2ccc(C)cc2F)cc1. The zero-order valence-electron chi connectivity index (χ0n) is 13.3. The highest BCUT2D eigenvalue weighted by Crippen LogP contribution is 2.27. The molecule has 0 aliphatic heterocycles. The maximum absolute atomic E-state index is 14.2. The monoisotopic (exact) mass is 285 g/mol. The minimum atomic E-state index is -0.152. The number of hydrogen-bond donors (Lipinski definition) is 1. The van der Waals surface area contributed by atoms with Crippen molar-refractivity contribution in [1.82, 2.24) is 5.32 Å². The van der Waals surface area contributed by atoms with Gasteiger partial charge in [-0.3, -0.25) is 0 Å². The number of aryl methyl sites for hydroxylation is 1. The zero-order valence-corrected chi connectivity index (χ0v) is 13.3. The highest BCUT2D eigenvalue weighted by molar-refractivity contribution is 5.36. The summed E-state index contributed by atoms with van der Waals surface area (Å²) >= 11 is 0. The molecule has 0 fully saturated rings. The van der Waals surface area contributed by atoms with Gasteiger partial charge in [-0.25, -0.2) is 4.39 Å². The number of halogens is 1. The fourth-order valence-electron chi connectivity index (χ4n) is 2.62. The molecular weight excluding hydrogens is 261 g/mol. The van der Waals surface area contributed by atoms with Crippen LogP contribution in [-0.2, 0) is 0 Å². The second-order valence-corrected chi connectivity index (χ2v) is 5.72. The summed E-state index contributed by atoms with van der Waals surface area (Å²) in [7, 11) is 1.87. The van der Waals surface area contributed by atoms with Crippen molar-refractivity contribution in [2.45, 2.75) is 39.2 Å². The van der Waals surface area contributed by atoms with Gasteiger partial charge in [-0.05, 0) is 49.1 Å². The standard InChI is InChI=1S/C19H24FN/c1-5-14(3)15-7-9-16(10-8-15)19(21-4)17-11-6-13(2)12-18(17)20/h6-12,14,19,21H,5H2,1-4H3. The summed E-state index contributed by atoms with van der Waals surface area (Å²) in [5.41, 5.74) is 4.06. The second-order valence-electron chi connectivity index (χ2n) is 5.72. The van der Waals surface area contributed by atoms with Gasteiger partial charge in [0.1, 0.15) is 5.82 Å². The lowest BCUT2D eigenvalue weighted by Gasteiger charge is -2.19. The van der Waals surface area contributed by atoms with E-state index < -0.39 is 0 Å². The van der Waals surface area contributed by atoms with Gasteiger partial charge >= 0.3 is 0 Å². The summed E-state index contributed by atoms with van der Waals surface area (Å²) in [6, 6.07) is 13.8. The van der Waals surface area contributed by atoms with E-state index in [9.17, 15) is 4.39 Å². The molecule has 0 radical (unpaired) electrons. The molecule has 0 aliphatic rings. The molecule has 0 saturated carbocycles. The van der Waals surface area contributed by atoms with Crippen molar-refractivity contribution in [3.05, 3.63) is 70.5 Å². The third kappa shape index (κ3) is 3.51. The molecule has 2 aromatic rings. The Morgan fingerprint density at radius 1 is 1.05 bits per heavy atom. The number of benzene rings is 2. The predicted octanol–water partition coefficient (Wildman–Crippen LogP) is 4.96. The first-order valence-electron chi connectivity index (χ1n) is 7.60.